The summed E-state index contributed by atoms with van der Waals surface area (Å²) in [4.78, 5) is 46.5. The summed E-state index contributed by atoms with van der Waals surface area (Å²) in [6.45, 7) is 1.32. The number of likely N-dealkylation sites (tertiary alicyclic amines) is 1. The van der Waals surface area contributed by atoms with Gasteiger partial charge in [-0.05, 0) is 25.0 Å². The number of nitro benzene ring substituents is 1. The summed E-state index contributed by atoms with van der Waals surface area (Å²) in [6.07, 6.45) is 2.10. The monoisotopic (exact) mass is 349 g/mol. The average Bonchev–Trinajstić information content (AvgIpc) is 3.01. The number of ether oxygens (including phenoxy) is 1. The van der Waals surface area contributed by atoms with E-state index in [1.54, 1.807) is 4.90 Å². The van der Waals surface area contributed by atoms with Crippen LogP contribution in [0.2, 0.25) is 0 Å². The first-order valence-corrected chi connectivity index (χ1v) is 7.93. The van der Waals surface area contributed by atoms with E-state index in [0.29, 0.717) is 25.9 Å². The lowest BCUT2D eigenvalue weighted by atomic mass is 10.2. The fourth-order valence-electron chi connectivity index (χ4n) is 2.42. The van der Waals surface area contributed by atoms with Gasteiger partial charge in [0.15, 0.2) is 6.61 Å². The molecule has 0 aromatic heterocycles. The lowest BCUT2D eigenvalue weighted by Gasteiger charge is -2.15. The van der Waals surface area contributed by atoms with Crippen LogP contribution in [-0.2, 0) is 14.3 Å². The van der Waals surface area contributed by atoms with Crippen molar-refractivity contribution >= 4 is 23.5 Å². The van der Waals surface area contributed by atoms with E-state index in [1.807, 2.05) is 0 Å². The minimum absolute atomic E-state index is 0.131. The van der Waals surface area contributed by atoms with Crippen molar-refractivity contribution in [1.82, 2.24) is 10.2 Å². The molecule has 1 aromatic rings. The predicted molar refractivity (Wildman–Crippen MR) is 86.8 cm³/mol. The molecular formula is C16H19N3O6. The number of carbonyl (C=O) groups excluding carboxylic acids is 3. The number of nitrogens with zero attached hydrogens (tertiary/aromatic N) is 2. The number of benzene rings is 1. The molecule has 0 unspecified atom stereocenters. The van der Waals surface area contributed by atoms with Crippen molar-refractivity contribution in [2.75, 3.05) is 26.2 Å². The van der Waals surface area contributed by atoms with E-state index in [0.717, 1.165) is 13.0 Å². The highest BCUT2D eigenvalue weighted by atomic mass is 16.6. The zero-order chi connectivity index (χ0) is 18.2. The molecule has 1 saturated heterocycles. The van der Waals surface area contributed by atoms with Crippen LogP contribution in [0, 0.1) is 10.1 Å². The third kappa shape index (κ3) is 5.55. The molecule has 1 aliphatic rings. The number of esters is 1. The molecular weight excluding hydrogens is 330 g/mol. The summed E-state index contributed by atoms with van der Waals surface area (Å²) >= 11 is 0. The van der Waals surface area contributed by atoms with Crippen molar-refractivity contribution in [3.8, 4) is 0 Å². The molecule has 2 rings (SSSR count). The molecule has 1 heterocycles. The molecule has 1 N–H and O–H groups in total. The highest BCUT2D eigenvalue weighted by Gasteiger charge is 2.19. The second kappa shape index (κ2) is 8.76. The molecule has 1 aliphatic heterocycles. The predicted octanol–water partition coefficient (Wildman–Crippen LogP) is 0.880. The number of nitrogens with one attached hydrogen (secondary N) is 1. The number of amides is 2. The maximum atomic E-state index is 11.8. The van der Waals surface area contributed by atoms with Gasteiger partial charge in [0.25, 0.3) is 11.6 Å². The molecule has 0 atom stereocenters. The van der Waals surface area contributed by atoms with E-state index in [9.17, 15) is 24.5 Å². The maximum absolute atomic E-state index is 11.8. The van der Waals surface area contributed by atoms with Gasteiger partial charge in [-0.25, -0.2) is 4.79 Å². The molecule has 9 heteroatoms. The van der Waals surface area contributed by atoms with Gasteiger partial charge in [-0.3, -0.25) is 19.7 Å². The van der Waals surface area contributed by atoms with Gasteiger partial charge < -0.3 is 15.0 Å². The average molecular weight is 349 g/mol. The van der Waals surface area contributed by atoms with E-state index < -0.39 is 23.4 Å². The van der Waals surface area contributed by atoms with Crippen molar-refractivity contribution in [2.45, 2.75) is 19.3 Å². The molecule has 0 radical (unpaired) electrons. The largest absolute Gasteiger partial charge is 0.452 e. The first kappa shape index (κ1) is 18.4. The van der Waals surface area contributed by atoms with Crippen LogP contribution in [0.25, 0.3) is 0 Å². The Morgan fingerprint density at radius 2 is 2.00 bits per heavy atom. The summed E-state index contributed by atoms with van der Waals surface area (Å²) in [6, 6.07) is 4.92. The summed E-state index contributed by atoms with van der Waals surface area (Å²) in [5, 5.41) is 13.1. The standard InChI is InChI=1S/C16H19N3O6/c20-14(17-8-2-10-18-9-1-3-15(18)21)11-25-16(22)12-4-6-13(7-5-12)19(23)24/h4-7H,1-3,8-11H2,(H,17,20). The highest BCUT2D eigenvalue weighted by Crippen LogP contribution is 2.12. The van der Waals surface area contributed by atoms with Crippen molar-refractivity contribution < 1.29 is 24.0 Å². The van der Waals surface area contributed by atoms with Crippen molar-refractivity contribution in [1.29, 1.82) is 0 Å². The van der Waals surface area contributed by atoms with E-state index >= 15 is 0 Å². The van der Waals surface area contributed by atoms with Crippen molar-refractivity contribution in [3.05, 3.63) is 39.9 Å². The van der Waals surface area contributed by atoms with Crippen LogP contribution in [0.15, 0.2) is 24.3 Å². The quantitative estimate of drug-likeness (QED) is 0.322. The van der Waals surface area contributed by atoms with Crippen LogP contribution in [-0.4, -0.2) is 53.8 Å². The van der Waals surface area contributed by atoms with Crippen LogP contribution >= 0.6 is 0 Å². The zero-order valence-corrected chi connectivity index (χ0v) is 13.6. The van der Waals surface area contributed by atoms with Crippen LogP contribution in [0.4, 0.5) is 5.69 Å². The Morgan fingerprint density at radius 3 is 2.60 bits per heavy atom. The van der Waals surface area contributed by atoms with Crippen LogP contribution in [0.1, 0.15) is 29.6 Å². The molecule has 0 spiro atoms. The van der Waals surface area contributed by atoms with Gasteiger partial charge in [-0.15, -0.1) is 0 Å². The Kier molecular flexibility index (Phi) is 6.44. The molecule has 25 heavy (non-hydrogen) atoms. The third-order valence-corrected chi connectivity index (χ3v) is 3.75. The Labute approximate surface area is 144 Å². The second-order valence-corrected chi connectivity index (χ2v) is 5.57. The minimum Gasteiger partial charge on any atom is -0.452 e. The van der Waals surface area contributed by atoms with Gasteiger partial charge in [0, 0.05) is 38.2 Å². The molecule has 0 aliphatic carbocycles. The molecule has 0 bridgehead atoms. The van der Waals surface area contributed by atoms with Crippen LogP contribution in [0.5, 0.6) is 0 Å². The molecule has 1 aromatic carbocycles. The van der Waals surface area contributed by atoms with Crippen LogP contribution < -0.4 is 5.32 Å². The molecule has 1 fully saturated rings. The summed E-state index contributed by atoms with van der Waals surface area (Å²) < 4.78 is 4.85. The molecule has 134 valence electrons. The van der Waals surface area contributed by atoms with Gasteiger partial charge in [-0.1, -0.05) is 0 Å². The highest BCUT2D eigenvalue weighted by molar-refractivity contribution is 5.91. The number of nitro groups is 1. The van der Waals surface area contributed by atoms with Gasteiger partial charge in [-0.2, -0.15) is 0 Å². The Hall–Kier alpha value is -2.97. The van der Waals surface area contributed by atoms with E-state index in [4.69, 9.17) is 4.74 Å². The lowest BCUT2D eigenvalue weighted by molar-refractivity contribution is -0.384. The first-order valence-electron chi connectivity index (χ1n) is 7.93. The van der Waals surface area contributed by atoms with Gasteiger partial charge >= 0.3 is 5.97 Å². The molecule has 2 amide bonds. The van der Waals surface area contributed by atoms with Gasteiger partial charge in [0.05, 0.1) is 10.5 Å². The van der Waals surface area contributed by atoms with Crippen LogP contribution in [0.3, 0.4) is 0 Å². The SMILES string of the molecule is O=C(COC(=O)c1ccc([N+](=O)[O-])cc1)NCCCN1CCCC1=O. The molecule has 0 saturated carbocycles. The first-order chi connectivity index (χ1) is 12.0. The van der Waals surface area contributed by atoms with E-state index in [2.05, 4.69) is 5.32 Å². The Balaban J connectivity index is 1.64. The molecule has 9 nitrogen and oxygen atoms in total. The maximum Gasteiger partial charge on any atom is 0.338 e. The van der Waals surface area contributed by atoms with E-state index in [1.165, 1.54) is 24.3 Å². The van der Waals surface area contributed by atoms with Gasteiger partial charge in [0.2, 0.25) is 5.91 Å². The van der Waals surface area contributed by atoms with Crippen molar-refractivity contribution in [2.24, 2.45) is 0 Å². The fourth-order valence-corrected chi connectivity index (χ4v) is 2.42. The Morgan fingerprint density at radius 1 is 1.28 bits per heavy atom. The normalized spacial score (nSPS) is 13.6. The number of carbonyl (C=O) groups is 3. The minimum atomic E-state index is -0.729. The number of non-ortho nitro benzene ring substituents is 1. The fraction of sp³-hybridized carbons (Fsp3) is 0.438. The van der Waals surface area contributed by atoms with Gasteiger partial charge in [0.1, 0.15) is 0 Å². The van der Waals surface area contributed by atoms with E-state index in [-0.39, 0.29) is 17.2 Å². The number of hydrogen-bond donors (Lipinski definition) is 1. The summed E-state index contributed by atoms with van der Waals surface area (Å²) in [7, 11) is 0. The third-order valence-electron chi connectivity index (χ3n) is 3.75. The summed E-state index contributed by atoms with van der Waals surface area (Å²) in [5.41, 5.74) is -0.00303. The number of hydrogen-bond acceptors (Lipinski definition) is 6. The lowest BCUT2D eigenvalue weighted by Crippen LogP contribution is -2.32. The smallest absolute Gasteiger partial charge is 0.338 e. The van der Waals surface area contributed by atoms with Crippen molar-refractivity contribution in [3.63, 3.8) is 0 Å². The zero-order valence-electron chi connectivity index (χ0n) is 13.6. The Bertz CT molecular complexity index is 658. The second-order valence-electron chi connectivity index (χ2n) is 5.57. The number of rotatable bonds is 8. The summed E-state index contributed by atoms with van der Waals surface area (Å²) in [5.74, 6) is -1.03. The topological polar surface area (TPSA) is 119 Å².